The van der Waals surface area contributed by atoms with Gasteiger partial charge in [0.2, 0.25) is 5.95 Å². The molecule has 1 aromatic carbocycles. The quantitative estimate of drug-likeness (QED) is 0.728. The lowest BCUT2D eigenvalue weighted by atomic mass is 10.0. The molecule has 1 aliphatic rings. The number of methoxy groups -OCH3 is 2. The molecule has 1 aromatic heterocycles. The molecule has 2 heterocycles. The van der Waals surface area contributed by atoms with Gasteiger partial charge in [0.25, 0.3) is 5.91 Å². The summed E-state index contributed by atoms with van der Waals surface area (Å²) in [7, 11) is 3.17. The lowest BCUT2D eigenvalue weighted by Gasteiger charge is -2.34. The summed E-state index contributed by atoms with van der Waals surface area (Å²) in [6, 6.07) is 5.39. The number of rotatable bonds is 6. The largest absolute Gasteiger partial charge is 0.493 e. The Labute approximate surface area is 159 Å². The predicted molar refractivity (Wildman–Crippen MR) is 104 cm³/mol. The van der Waals surface area contributed by atoms with Crippen LogP contribution in [0.2, 0.25) is 0 Å². The molecule has 1 fully saturated rings. The molecular weight excluding hydrogens is 344 g/mol. The zero-order valence-corrected chi connectivity index (χ0v) is 15.7. The minimum atomic E-state index is -0.0186. The number of hydrogen-bond donors (Lipinski definition) is 0. The number of anilines is 1. The second kappa shape index (κ2) is 8.53. The van der Waals surface area contributed by atoms with E-state index in [4.69, 9.17) is 9.47 Å². The van der Waals surface area contributed by atoms with Crippen LogP contribution in [-0.2, 0) is 6.42 Å². The van der Waals surface area contributed by atoms with Crippen LogP contribution in [0, 0.1) is 0 Å². The van der Waals surface area contributed by atoms with Gasteiger partial charge in [0.15, 0.2) is 11.5 Å². The fourth-order valence-corrected chi connectivity index (χ4v) is 3.22. The van der Waals surface area contributed by atoms with Crippen LogP contribution in [0.5, 0.6) is 11.5 Å². The van der Waals surface area contributed by atoms with Gasteiger partial charge in [0, 0.05) is 49.7 Å². The lowest BCUT2D eigenvalue weighted by Crippen LogP contribution is -2.49. The van der Waals surface area contributed by atoms with Gasteiger partial charge < -0.3 is 19.3 Å². The van der Waals surface area contributed by atoms with Gasteiger partial charge in [0.1, 0.15) is 0 Å². The summed E-state index contributed by atoms with van der Waals surface area (Å²) in [4.78, 5) is 25.5. The second-order valence-electron chi connectivity index (χ2n) is 6.19. The average molecular weight is 368 g/mol. The smallest absolute Gasteiger partial charge is 0.254 e. The van der Waals surface area contributed by atoms with Crippen molar-refractivity contribution in [1.82, 2.24) is 14.9 Å². The second-order valence-corrected chi connectivity index (χ2v) is 6.19. The van der Waals surface area contributed by atoms with E-state index in [1.165, 1.54) is 0 Å². The molecule has 27 heavy (non-hydrogen) atoms. The molecule has 0 atom stereocenters. The topological polar surface area (TPSA) is 67.8 Å². The molecule has 7 heteroatoms. The molecule has 0 spiro atoms. The molecule has 142 valence electrons. The number of amides is 1. The van der Waals surface area contributed by atoms with Gasteiger partial charge in [-0.25, -0.2) is 9.97 Å². The number of aromatic nitrogens is 2. The van der Waals surface area contributed by atoms with Crippen LogP contribution >= 0.6 is 0 Å². The fourth-order valence-electron chi connectivity index (χ4n) is 3.22. The van der Waals surface area contributed by atoms with Crippen LogP contribution in [0.1, 0.15) is 15.9 Å². The van der Waals surface area contributed by atoms with Crippen LogP contribution < -0.4 is 14.4 Å². The van der Waals surface area contributed by atoms with E-state index in [-0.39, 0.29) is 5.91 Å². The first-order valence-corrected chi connectivity index (χ1v) is 8.85. The molecule has 1 amide bonds. The first-order valence-electron chi connectivity index (χ1n) is 8.85. The normalized spacial score (nSPS) is 14.0. The molecule has 0 aliphatic carbocycles. The maximum absolute atomic E-state index is 13.0. The molecule has 0 N–H and O–H groups in total. The Kier molecular flexibility index (Phi) is 5.90. The Hall–Kier alpha value is -3.09. The highest BCUT2D eigenvalue weighted by molar-refractivity contribution is 5.95. The van der Waals surface area contributed by atoms with Crippen LogP contribution in [0.4, 0.5) is 5.95 Å². The first kappa shape index (κ1) is 18.7. The van der Waals surface area contributed by atoms with Crippen molar-refractivity contribution in [3.8, 4) is 11.5 Å². The van der Waals surface area contributed by atoms with Crippen molar-refractivity contribution in [2.24, 2.45) is 0 Å². The maximum Gasteiger partial charge on any atom is 0.254 e. The van der Waals surface area contributed by atoms with E-state index < -0.39 is 0 Å². The molecule has 0 bridgehead atoms. The Balaban J connectivity index is 1.76. The first-order chi connectivity index (χ1) is 13.2. The number of piperazine rings is 1. The monoisotopic (exact) mass is 368 g/mol. The third kappa shape index (κ3) is 4.02. The molecule has 0 radical (unpaired) electrons. The summed E-state index contributed by atoms with van der Waals surface area (Å²) in [5, 5.41) is 0. The van der Waals surface area contributed by atoms with Crippen molar-refractivity contribution >= 4 is 11.9 Å². The highest BCUT2D eigenvalue weighted by Crippen LogP contribution is 2.33. The number of carbonyl (C=O) groups excluding carboxylic acids is 1. The minimum absolute atomic E-state index is 0.0186. The summed E-state index contributed by atoms with van der Waals surface area (Å²) in [5.41, 5.74) is 1.47. The number of ether oxygens (including phenoxy) is 2. The van der Waals surface area contributed by atoms with Crippen LogP contribution in [0.15, 0.2) is 43.2 Å². The van der Waals surface area contributed by atoms with Crippen molar-refractivity contribution < 1.29 is 14.3 Å². The highest BCUT2D eigenvalue weighted by Gasteiger charge is 2.25. The third-order valence-electron chi connectivity index (χ3n) is 4.57. The van der Waals surface area contributed by atoms with Gasteiger partial charge in [-0.3, -0.25) is 4.79 Å². The highest BCUT2D eigenvalue weighted by atomic mass is 16.5. The number of allylic oxidation sites excluding steroid dienone is 1. The number of hydrogen-bond acceptors (Lipinski definition) is 6. The molecule has 3 rings (SSSR count). The number of carbonyl (C=O) groups is 1. The Bertz CT molecular complexity index is 802. The zero-order valence-electron chi connectivity index (χ0n) is 15.7. The molecule has 1 aliphatic heterocycles. The summed E-state index contributed by atoms with van der Waals surface area (Å²) in [6.07, 6.45) is 5.83. The summed E-state index contributed by atoms with van der Waals surface area (Å²) in [6.45, 7) is 6.40. The Morgan fingerprint density at radius 1 is 1.15 bits per heavy atom. The average Bonchev–Trinajstić information content (AvgIpc) is 2.73. The van der Waals surface area contributed by atoms with E-state index in [1.807, 2.05) is 11.0 Å². The van der Waals surface area contributed by atoms with Gasteiger partial charge >= 0.3 is 0 Å². The third-order valence-corrected chi connectivity index (χ3v) is 4.57. The van der Waals surface area contributed by atoms with E-state index in [9.17, 15) is 4.79 Å². The summed E-state index contributed by atoms with van der Waals surface area (Å²) >= 11 is 0. The Morgan fingerprint density at radius 3 is 2.44 bits per heavy atom. The standard InChI is InChI=1S/C20H24N4O3/c1-4-6-15-13-16(14-17(26-2)18(15)27-3)19(25)23-9-11-24(12-10-23)20-21-7-5-8-22-20/h4-5,7-8,13-14H,1,6,9-12H2,2-3H3. The lowest BCUT2D eigenvalue weighted by molar-refractivity contribution is 0.0745. The zero-order chi connectivity index (χ0) is 19.2. The van der Waals surface area contributed by atoms with Gasteiger partial charge in [-0.2, -0.15) is 0 Å². The van der Waals surface area contributed by atoms with E-state index >= 15 is 0 Å². The van der Waals surface area contributed by atoms with Gasteiger partial charge in [-0.15, -0.1) is 6.58 Å². The van der Waals surface area contributed by atoms with Crippen LogP contribution in [0.25, 0.3) is 0 Å². The van der Waals surface area contributed by atoms with Gasteiger partial charge in [-0.1, -0.05) is 6.08 Å². The predicted octanol–water partition coefficient (Wildman–Crippen LogP) is 2.18. The van der Waals surface area contributed by atoms with Crippen LogP contribution in [0.3, 0.4) is 0 Å². The molecule has 7 nitrogen and oxygen atoms in total. The Morgan fingerprint density at radius 2 is 1.85 bits per heavy atom. The molecular formula is C20H24N4O3. The van der Waals surface area contributed by atoms with Crippen molar-refractivity contribution in [2.45, 2.75) is 6.42 Å². The van der Waals surface area contributed by atoms with Crippen molar-refractivity contribution in [1.29, 1.82) is 0 Å². The van der Waals surface area contributed by atoms with E-state index in [2.05, 4.69) is 21.4 Å². The minimum Gasteiger partial charge on any atom is -0.493 e. The van der Waals surface area contributed by atoms with Crippen LogP contribution in [-0.4, -0.2) is 61.2 Å². The maximum atomic E-state index is 13.0. The van der Waals surface area contributed by atoms with Gasteiger partial charge in [0.05, 0.1) is 14.2 Å². The fraction of sp³-hybridized carbons (Fsp3) is 0.350. The summed E-state index contributed by atoms with van der Waals surface area (Å²) < 4.78 is 10.9. The summed E-state index contributed by atoms with van der Waals surface area (Å²) in [5.74, 6) is 1.87. The van der Waals surface area contributed by atoms with Crippen molar-refractivity contribution in [3.05, 3.63) is 54.4 Å². The molecule has 0 unspecified atom stereocenters. The SMILES string of the molecule is C=CCc1cc(C(=O)N2CCN(c3ncccn3)CC2)cc(OC)c1OC. The van der Waals surface area contributed by atoms with E-state index in [0.717, 1.165) is 5.56 Å². The van der Waals surface area contributed by atoms with E-state index in [1.54, 1.807) is 44.8 Å². The molecule has 2 aromatic rings. The number of benzene rings is 1. The molecule has 0 saturated carbocycles. The van der Waals surface area contributed by atoms with Gasteiger partial charge in [-0.05, 0) is 24.6 Å². The van der Waals surface area contributed by atoms with Crippen molar-refractivity contribution in [3.63, 3.8) is 0 Å². The van der Waals surface area contributed by atoms with Crippen molar-refractivity contribution in [2.75, 3.05) is 45.3 Å². The molecule has 1 saturated heterocycles. The van der Waals surface area contributed by atoms with E-state index in [0.29, 0.717) is 55.6 Å². The number of nitrogens with zero attached hydrogens (tertiary/aromatic N) is 4.